The lowest BCUT2D eigenvalue weighted by molar-refractivity contribution is -0.107. The summed E-state index contributed by atoms with van der Waals surface area (Å²) in [5.41, 5.74) is 1.24. The number of aliphatic hydroxyl groups is 2. The molecule has 0 heterocycles. The standard InChI is InChI=1S/C19H30O2/c1-18-9-7-15-14-6-4-13(20)11-12(14)3-5-16(15)17(18)8-10-19(18,2)21/h11,13-17,20-21H,3-10H2,1-2H3/t13?,14-,15+,16+,17-,18-,19?/m0/s1. The molecule has 0 spiro atoms. The largest absolute Gasteiger partial charge is 0.390 e. The first-order chi connectivity index (χ1) is 9.92. The zero-order valence-corrected chi connectivity index (χ0v) is 13.5. The van der Waals surface area contributed by atoms with Gasteiger partial charge in [-0.2, -0.15) is 0 Å². The molecule has 0 aliphatic heterocycles. The van der Waals surface area contributed by atoms with Crippen molar-refractivity contribution in [2.45, 2.75) is 76.9 Å². The van der Waals surface area contributed by atoms with E-state index in [-0.39, 0.29) is 11.5 Å². The zero-order chi connectivity index (χ0) is 14.8. The summed E-state index contributed by atoms with van der Waals surface area (Å²) in [6, 6.07) is 0. The topological polar surface area (TPSA) is 40.5 Å². The van der Waals surface area contributed by atoms with E-state index in [9.17, 15) is 10.2 Å². The molecule has 2 heteroatoms. The van der Waals surface area contributed by atoms with Crippen molar-refractivity contribution in [3.63, 3.8) is 0 Å². The van der Waals surface area contributed by atoms with Crippen molar-refractivity contribution in [1.29, 1.82) is 0 Å². The Labute approximate surface area is 128 Å². The summed E-state index contributed by atoms with van der Waals surface area (Å²) in [4.78, 5) is 0. The third kappa shape index (κ3) is 1.91. The number of fused-ring (bicyclic) bond motifs is 5. The molecular weight excluding hydrogens is 260 g/mol. The lowest BCUT2D eigenvalue weighted by Crippen LogP contribution is -2.51. The minimum atomic E-state index is -0.457. The van der Waals surface area contributed by atoms with Crippen LogP contribution in [0.2, 0.25) is 0 Å². The highest BCUT2D eigenvalue weighted by atomic mass is 16.3. The van der Waals surface area contributed by atoms with Gasteiger partial charge in [-0.15, -0.1) is 0 Å². The first-order valence-electron chi connectivity index (χ1n) is 9.03. The molecule has 0 aromatic heterocycles. The van der Waals surface area contributed by atoms with Crippen LogP contribution in [0.1, 0.15) is 65.2 Å². The van der Waals surface area contributed by atoms with Gasteiger partial charge in [0, 0.05) is 0 Å². The average Bonchev–Trinajstić information content (AvgIpc) is 2.69. The highest BCUT2D eigenvalue weighted by Crippen LogP contribution is 2.64. The summed E-state index contributed by atoms with van der Waals surface area (Å²) in [5.74, 6) is 3.10. The Bertz CT molecular complexity index is 466. The van der Waals surface area contributed by atoms with E-state index in [1.54, 1.807) is 5.57 Å². The SMILES string of the molecule is CC1(O)CC[C@H]2[C@@H]3CCC4=CC(O)CC[C@@H]4[C@H]3CC[C@@]21C. The molecule has 0 aromatic rings. The van der Waals surface area contributed by atoms with Gasteiger partial charge in [0.05, 0.1) is 11.7 Å². The van der Waals surface area contributed by atoms with Gasteiger partial charge in [0.2, 0.25) is 0 Å². The Hall–Kier alpha value is -0.340. The predicted molar refractivity (Wildman–Crippen MR) is 83.7 cm³/mol. The summed E-state index contributed by atoms with van der Waals surface area (Å²) in [6.07, 6.45) is 11.3. The molecule has 4 rings (SSSR count). The van der Waals surface area contributed by atoms with E-state index in [2.05, 4.69) is 19.9 Å². The lowest BCUT2D eigenvalue weighted by atomic mass is 9.51. The minimum Gasteiger partial charge on any atom is -0.390 e. The van der Waals surface area contributed by atoms with Gasteiger partial charge in [0.1, 0.15) is 0 Å². The first kappa shape index (κ1) is 14.3. The van der Waals surface area contributed by atoms with Crippen molar-refractivity contribution >= 4 is 0 Å². The second-order valence-electron chi connectivity index (χ2n) is 8.73. The molecule has 7 atom stereocenters. The molecule has 2 nitrogen and oxygen atoms in total. The minimum absolute atomic E-state index is 0.142. The highest BCUT2D eigenvalue weighted by Gasteiger charge is 2.60. The van der Waals surface area contributed by atoms with E-state index in [1.807, 2.05) is 0 Å². The smallest absolute Gasteiger partial charge is 0.0723 e. The van der Waals surface area contributed by atoms with Gasteiger partial charge in [0.15, 0.2) is 0 Å². The second kappa shape index (κ2) is 4.58. The van der Waals surface area contributed by atoms with Crippen LogP contribution in [0.4, 0.5) is 0 Å². The van der Waals surface area contributed by atoms with Gasteiger partial charge >= 0.3 is 0 Å². The number of allylic oxidation sites excluding steroid dienone is 1. The third-order valence-corrected chi connectivity index (χ3v) is 7.99. The van der Waals surface area contributed by atoms with Crippen molar-refractivity contribution in [3.05, 3.63) is 11.6 Å². The molecule has 0 saturated heterocycles. The summed E-state index contributed by atoms with van der Waals surface area (Å²) >= 11 is 0. The van der Waals surface area contributed by atoms with Gasteiger partial charge < -0.3 is 10.2 Å². The molecule has 4 aliphatic carbocycles. The Morgan fingerprint density at radius 1 is 1.00 bits per heavy atom. The number of hydrogen-bond acceptors (Lipinski definition) is 2. The molecule has 0 aromatic carbocycles. The van der Waals surface area contributed by atoms with E-state index in [0.29, 0.717) is 0 Å². The summed E-state index contributed by atoms with van der Waals surface area (Å²) in [5, 5.41) is 20.8. The molecule has 0 amide bonds. The molecular formula is C19H30O2. The fourth-order valence-electron chi connectivity index (χ4n) is 6.56. The molecule has 0 radical (unpaired) electrons. The van der Waals surface area contributed by atoms with Crippen molar-refractivity contribution in [1.82, 2.24) is 0 Å². The predicted octanol–water partition coefficient (Wildman–Crippen LogP) is 3.67. The Balaban J connectivity index is 1.63. The maximum Gasteiger partial charge on any atom is 0.0723 e. The Kier molecular flexibility index (Phi) is 3.11. The van der Waals surface area contributed by atoms with Crippen LogP contribution in [0, 0.1) is 29.1 Å². The second-order valence-corrected chi connectivity index (χ2v) is 8.73. The molecule has 3 saturated carbocycles. The van der Waals surface area contributed by atoms with E-state index in [0.717, 1.165) is 36.5 Å². The van der Waals surface area contributed by atoms with Gasteiger partial charge in [0.25, 0.3) is 0 Å². The molecule has 4 aliphatic rings. The van der Waals surface area contributed by atoms with Crippen LogP contribution in [-0.4, -0.2) is 21.9 Å². The van der Waals surface area contributed by atoms with E-state index in [1.165, 1.54) is 38.5 Å². The average molecular weight is 290 g/mol. The zero-order valence-electron chi connectivity index (χ0n) is 13.5. The van der Waals surface area contributed by atoms with Crippen LogP contribution in [0.5, 0.6) is 0 Å². The van der Waals surface area contributed by atoms with E-state index >= 15 is 0 Å². The molecule has 118 valence electrons. The van der Waals surface area contributed by atoms with E-state index < -0.39 is 5.60 Å². The molecule has 2 N–H and O–H groups in total. The summed E-state index contributed by atoms with van der Waals surface area (Å²) < 4.78 is 0. The summed E-state index contributed by atoms with van der Waals surface area (Å²) in [6.45, 7) is 4.44. The Morgan fingerprint density at radius 3 is 2.62 bits per heavy atom. The van der Waals surface area contributed by atoms with Crippen LogP contribution in [-0.2, 0) is 0 Å². The molecule has 21 heavy (non-hydrogen) atoms. The molecule has 0 bridgehead atoms. The van der Waals surface area contributed by atoms with Crippen LogP contribution in [0.25, 0.3) is 0 Å². The quantitative estimate of drug-likeness (QED) is 0.668. The molecule has 2 unspecified atom stereocenters. The first-order valence-corrected chi connectivity index (χ1v) is 9.03. The number of aliphatic hydroxyl groups excluding tert-OH is 1. The van der Waals surface area contributed by atoms with Crippen molar-refractivity contribution in [2.75, 3.05) is 0 Å². The van der Waals surface area contributed by atoms with Crippen molar-refractivity contribution in [3.8, 4) is 0 Å². The number of rotatable bonds is 0. The van der Waals surface area contributed by atoms with Crippen LogP contribution < -0.4 is 0 Å². The van der Waals surface area contributed by atoms with Gasteiger partial charge in [-0.25, -0.2) is 0 Å². The molecule has 3 fully saturated rings. The van der Waals surface area contributed by atoms with Crippen LogP contribution >= 0.6 is 0 Å². The Morgan fingerprint density at radius 2 is 1.81 bits per heavy atom. The maximum atomic E-state index is 10.9. The van der Waals surface area contributed by atoms with Gasteiger partial charge in [-0.3, -0.25) is 0 Å². The van der Waals surface area contributed by atoms with E-state index in [4.69, 9.17) is 0 Å². The monoisotopic (exact) mass is 290 g/mol. The third-order valence-electron chi connectivity index (χ3n) is 7.99. The fourth-order valence-corrected chi connectivity index (χ4v) is 6.56. The maximum absolute atomic E-state index is 10.9. The van der Waals surface area contributed by atoms with Gasteiger partial charge in [-0.1, -0.05) is 18.6 Å². The fraction of sp³-hybridized carbons (Fsp3) is 0.895. The van der Waals surface area contributed by atoms with Crippen LogP contribution in [0.3, 0.4) is 0 Å². The summed E-state index contributed by atoms with van der Waals surface area (Å²) in [7, 11) is 0. The van der Waals surface area contributed by atoms with Crippen molar-refractivity contribution in [2.24, 2.45) is 29.1 Å². The van der Waals surface area contributed by atoms with Gasteiger partial charge in [-0.05, 0) is 87.4 Å². The lowest BCUT2D eigenvalue weighted by Gasteiger charge is -2.55. The number of hydrogen-bond donors (Lipinski definition) is 2. The van der Waals surface area contributed by atoms with Crippen LogP contribution in [0.15, 0.2) is 11.6 Å². The normalized spacial score (nSPS) is 56.2. The highest BCUT2D eigenvalue weighted by molar-refractivity contribution is 5.20. The van der Waals surface area contributed by atoms with Crippen molar-refractivity contribution < 1.29 is 10.2 Å².